The van der Waals surface area contributed by atoms with E-state index in [2.05, 4.69) is 26.9 Å². The minimum atomic E-state index is -0.403. The van der Waals surface area contributed by atoms with Crippen LogP contribution in [0.2, 0.25) is 0 Å². The summed E-state index contributed by atoms with van der Waals surface area (Å²) in [5.41, 5.74) is 1.58. The number of amides is 2. The fraction of sp³-hybridized carbons (Fsp3) is 0.462. The second kappa shape index (κ2) is 11.4. The van der Waals surface area contributed by atoms with Crippen LogP contribution in [-0.2, 0) is 11.4 Å². The zero-order valence-electron chi connectivity index (χ0n) is 20.6. The molecular weight excluding hydrogens is 476 g/mol. The third-order valence-corrected chi connectivity index (χ3v) is 7.79. The standard InChI is InChI=1S/C26H32N6O3S/c1-2-30-10-8-21(9-11-30)31-12-14-32(15-13-31)25-27-20(16-22-24(33)29-26(34)36-22)17-23(28-25)35-18-19-6-4-3-5-7-19/h3-7,16-17,21H,2,8-15,18H2,1H3,(H,29,33,34)/b22-16-. The number of hydrogen-bond acceptors (Lipinski definition) is 9. The molecule has 3 saturated heterocycles. The van der Waals surface area contributed by atoms with E-state index in [1.807, 2.05) is 30.3 Å². The predicted octanol–water partition coefficient (Wildman–Crippen LogP) is 2.99. The summed E-state index contributed by atoms with van der Waals surface area (Å²) in [5, 5.41) is 1.92. The number of carbonyl (C=O) groups excluding carboxylic acids is 2. The number of rotatable bonds is 7. The summed E-state index contributed by atoms with van der Waals surface area (Å²) in [7, 11) is 0. The molecule has 0 atom stereocenters. The molecule has 0 bridgehead atoms. The van der Waals surface area contributed by atoms with Crippen molar-refractivity contribution in [3.8, 4) is 5.88 Å². The second-order valence-electron chi connectivity index (χ2n) is 9.25. The van der Waals surface area contributed by atoms with E-state index in [1.54, 1.807) is 12.1 Å². The van der Waals surface area contributed by atoms with Crippen molar-refractivity contribution in [3.05, 3.63) is 52.6 Å². The number of imide groups is 1. The van der Waals surface area contributed by atoms with Crippen LogP contribution >= 0.6 is 11.8 Å². The Morgan fingerprint density at radius 3 is 2.47 bits per heavy atom. The molecule has 3 aliphatic rings. The van der Waals surface area contributed by atoms with Crippen LogP contribution < -0.4 is 15.0 Å². The first-order valence-corrected chi connectivity index (χ1v) is 13.4. The molecule has 0 saturated carbocycles. The molecule has 10 heteroatoms. The highest BCUT2D eigenvalue weighted by atomic mass is 32.2. The zero-order chi connectivity index (χ0) is 24.9. The average Bonchev–Trinajstić information content (AvgIpc) is 3.24. The molecule has 3 aliphatic heterocycles. The van der Waals surface area contributed by atoms with Crippen molar-refractivity contribution in [2.75, 3.05) is 50.7 Å². The van der Waals surface area contributed by atoms with Gasteiger partial charge in [0.1, 0.15) is 6.61 Å². The minimum Gasteiger partial charge on any atom is -0.473 e. The van der Waals surface area contributed by atoms with E-state index in [1.165, 1.54) is 25.9 Å². The maximum Gasteiger partial charge on any atom is 0.290 e. The van der Waals surface area contributed by atoms with Gasteiger partial charge >= 0.3 is 0 Å². The first-order chi connectivity index (χ1) is 17.6. The quantitative estimate of drug-likeness (QED) is 0.567. The molecule has 1 aromatic carbocycles. The van der Waals surface area contributed by atoms with Gasteiger partial charge in [0, 0.05) is 38.3 Å². The molecule has 1 N–H and O–H groups in total. The zero-order valence-corrected chi connectivity index (χ0v) is 21.4. The lowest BCUT2D eigenvalue weighted by molar-refractivity contribution is -0.115. The molecule has 0 unspecified atom stereocenters. The number of benzene rings is 1. The highest BCUT2D eigenvalue weighted by Crippen LogP contribution is 2.27. The fourth-order valence-electron chi connectivity index (χ4n) is 4.89. The van der Waals surface area contributed by atoms with Crippen LogP contribution in [0.25, 0.3) is 6.08 Å². The molecule has 0 spiro atoms. The summed E-state index contributed by atoms with van der Waals surface area (Å²) < 4.78 is 6.02. The van der Waals surface area contributed by atoms with Gasteiger partial charge in [0.2, 0.25) is 11.8 Å². The van der Waals surface area contributed by atoms with Crippen molar-refractivity contribution in [3.63, 3.8) is 0 Å². The van der Waals surface area contributed by atoms with E-state index in [0.29, 0.717) is 35.1 Å². The minimum absolute atomic E-state index is 0.321. The molecule has 0 aliphatic carbocycles. The van der Waals surface area contributed by atoms with Gasteiger partial charge in [0.25, 0.3) is 11.1 Å². The van der Waals surface area contributed by atoms with Gasteiger partial charge in [0.05, 0.1) is 10.6 Å². The molecule has 1 aromatic heterocycles. The summed E-state index contributed by atoms with van der Waals surface area (Å²) >= 11 is 0.880. The van der Waals surface area contributed by atoms with Gasteiger partial charge in [-0.3, -0.25) is 19.8 Å². The number of likely N-dealkylation sites (tertiary alicyclic amines) is 1. The van der Waals surface area contributed by atoms with Crippen molar-refractivity contribution in [1.29, 1.82) is 0 Å². The molecule has 190 valence electrons. The molecule has 4 heterocycles. The number of ether oxygens (including phenoxy) is 1. The van der Waals surface area contributed by atoms with E-state index in [0.717, 1.165) is 50.0 Å². The molecule has 2 aromatic rings. The highest BCUT2D eigenvalue weighted by molar-refractivity contribution is 8.18. The van der Waals surface area contributed by atoms with E-state index in [9.17, 15) is 9.59 Å². The number of piperidine rings is 1. The van der Waals surface area contributed by atoms with E-state index in [4.69, 9.17) is 14.7 Å². The second-order valence-corrected chi connectivity index (χ2v) is 10.3. The number of anilines is 1. The summed E-state index contributed by atoms with van der Waals surface area (Å²) in [5.74, 6) is 0.627. The predicted molar refractivity (Wildman–Crippen MR) is 141 cm³/mol. The molecule has 9 nitrogen and oxygen atoms in total. The Balaban J connectivity index is 1.30. The van der Waals surface area contributed by atoms with Gasteiger partial charge in [-0.2, -0.15) is 4.98 Å². The monoisotopic (exact) mass is 508 g/mol. The summed E-state index contributed by atoms with van der Waals surface area (Å²) in [4.78, 5) is 40.7. The van der Waals surface area contributed by atoms with Gasteiger partial charge in [-0.15, -0.1) is 0 Å². The van der Waals surface area contributed by atoms with Crippen LogP contribution in [0.15, 0.2) is 41.3 Å². The topological polar surface area (TPSA) is 90.9 Å². The van der Waals surface area contributed by atoms with Crippen molar-refractivity contribution in [2.45, 2.75) is 32.4 Å². The number of nitrogens with one attached hydrogen (secondary N) is 1. The normalized spacial score (nSPS) is 21.2. The number of aromatic nitrogens is 2. The van der Waals surface area contributed by atoms with E-state index < -0.39 is 5.91 Å². The van der Waals surface area contributed by atoms with Gasteiger partial charge in [-0.25, -0.2) is 4.98 Å². The average molecular weight is 509 g/mol. The molecule has 0 radical (unpaired) electrons. The Morgan fingerprint density at radius 2 is 1.81 bits per heavy atom. The van der Waals surface area contributed by atoms with Crippen LogP contribution in [0.3, 0.4) is 0 Å². The first-order valence-electron chi connectivity index (χ1n) is 12.6. The van der Waals surface area contributed by atoms with Gasteiger partial charge < -0.3 is 14.5 Å². The molecule has 3 fully saturated rings. The molecule has 2 amide bonds. The first kappa shape index (κ1) is 24.7. The number of hydrogen-bond donors (Lipinski definition) is 1. The number of nitrogens with zero attached hydrogens (tertiary/aromatic N) is 5. The van der Waals surface area contributed by atoms with Gasteiger partial charge in [0.15, 0.2) is 0 Å². The van der Waals surface area contributed by atoms with Gasteiger partial charge in [-0.1, -0.05) is 37.3 Å². The van der Waals surface area contributed by atoms with E-state index >= 15 is 0 Å². The lowest BCUT2D eigenvalue weighted by atomic mass is 10.0. The Bertz CT molecular complexity index is 1110. The maximum atomic E-state index is 12.1. The summed E-state index contributed by atoms with van der Waals surface area (Å²) in [6.45, 7) is 9.71. The molecule has 5 rings (SSSR count). The number of piperazine rings is 1. The fourth-order valence-corrected chi connectivity index (χ4v) is 5.56. The van der Waals surface area contributed by atoms with Crippen molar-refractivity contribution < 1.29 is 14.3 Å². The SMILES string of the molecule is CCN1CCC(N2CCN(c3nc(/C=C4\SC(=O)NC4=O)cc(OCc4ccccc4)n3)CC2)CC1. The van der Waals surface area contributed by atoms with Crippen LogP contribution in [0.5, 0.6) is 5.88 Å². The van der Waals surface area contributed by atoms with E-state index in [-0.39, 0.29) is 5.24 Å². The van der Waals surface area contributed by atoms with Crippen LogP contribution in [0.4, 0.5) is 10.7 Å². The van der Waals surface area contributed by atoms with Crippen molar-refractivity contribution >= 4 is 34.9 Å². The van der Waals surface area contributed by atoms with Crippen LogP contribution in [0.1, 0.15) is 31.0 Å². The highest BCUT2D eigenvalue weighted by Gasteiger charge is 2.29. The van der Waals surface area contributed by atoms with Crippen LogP contribution in [0, 0.1) is 0 Å². The third kappa shape index (κ3) is 6.05. The summed E-state index contributed by atoms with van der Waals surface area (Å²) in [6, 6.07) is 12.3. The number of thioether (sulfide) groups is 1. The Morgan fingerprint density at radius 1 is 1.06 bits per heavy atom. The van der Waals surface area contributed by atoms with Crippen molar-refractivity contribution in [2.24, 2.45) is 0 Å². The van der Waals surface area contributed by atoms with Crippen LogP contribution in [-0.4, -0.2) is 82.8 Å². The largest absolute Gasteiger partial charge is 0.473 e. The summed E-state index contributed by atoms with van der Waals surface area (Å²) in [6.07, 6.45) is 4.08. The lowest BCUT2D eigenvalue weighted by Gasteiger charge is -2.42. The van der Waals surface area contributed by atoms with Crippen molar-refractivity contribution in [1.82, 2.24) is 25.1 Å². The maximum absolute atomic E-state index is 12.1. The molecule has 36 heavy (non-hydrogen) atoms. The Labute approximate surface area is 215 Å². The third-order valence-electron chi connectivity index (χ3n) is 6.98. The lowest BCUT2D eigenvalue weighted by Crippen LogP contribution is -2.53. The Hall–Kier alpha value is -2.95. The molecular formula is C26H32N6O3S. The smallest absolute Gasteiger partial charge is 0.290 e. The Kier molecular flexibility index (Phi) is 7.84. The van der Waals surface area contributed by atoms with Gasteiger partial charge in [-0.05, 0) is 55.9 Å². The number of carbonyl (C=O) groups is 2.